The van der Waals surface area contributed by atoms with Gasteiger partial charge < -0.3 is 0 Å². The number of anilines is 1. The van der Waals surface area contributed by atoms with Crippen molar-refractivity contribution in [3.05, 3.63) is 45.0 Å². The third-order valence-electron chi connectivity index (χ3n) is 2.62. The minimum absolute atomic E-state index is 0.00288. The van der Waals surface area contributed by atoms with E-state index in [1.807, 2.05) is 0 Å². The van der Waals surface area contributed by atoms with Gasteiger partial charge in [0.15, 0.2) is 0 Å². The zero-order valence-electron chi connectivity index (χ0n) is 11.6. The molecule has 8 heteroatoms. The molecule has 110 valence electrons. The molecule has 0 fully saturated rings. The van der Waals surface area contributed by atoms with Crippen LogP contribution in [0, 0.1) is 16.0 Å². The van der Waals surface area contributed by atoms with Crippen LogP contribution < -0.4 is 5.32 Å². The number of nitro groups is 1. The number of rotatable bonds is 5. The molecule has 1 heterocycles. The highest BCUT2D eigenvalue weighted by Gasteiger charge is 2.20. The highest BCUT2D eigenvalue weighted by Crippen LogP contribution is 2.22. The second-order valence-corrected chi connectivity index (χ2v) is 5.89. The maximum atomic E-state index is 12.1. The van der Waals surface area contributed by atoms with Crippen molar-refractivity contribution in [2.45, 2.75) is 20.3 Å². The number of carbonyl (C=O) groups is 1. The Morgan fingerprint density at radius 2 is 2.10 bits per heavy atom. The summed E-state index contributed by atoms with van der Waals surface area (Å²) in [6.45, 7) is 4.12. The lowest BCUT2D eigenvalue weighted by atomic mass is 10.1. The van der Waals surface area contributed by atoms with Crippen LogP contribution in [-0.2, 0) is 6.42 Å². The third kappa shape index (κ3) is 3.82. The van der Waals surface area contributed by atoms with Crippen molar-refractivity contribution in [1.82, 2.24) is 10.2 Å². The van der Waals surface area contributed by atoms with Crippen LogP contribution in [0.3, 0.4) is 0 Å². The third-order valence-corrected chi connectivity index (χ3v) is 3.48. The molecule has 0 saturated carbocycles. The molecule has 0 unspecified atom stereocenters. The number of benzene rings is 1. The van der Waals surface area contributed by atoms with Gasteiger partial charge in [-0.1, -0.05) is 37.3 Å². The number of carbonyl (C=O) groups excluding carboxylic acids is 1. The van der Waals surface area contributed by atoms with Crippen LogP contribution >= 0.6 is 11.3 Å². The van der Waals surface area contributed by atoms with Crippen molar-refractivity contribution in [3.8, 4) is 0 Å². The van der Waals surface area contributed by atoms with E-state index in [2.05, 4.69) is 29.4 Å². The molecule has 7 nitrogen and oxygen atoms in total. The Morgan fingerprint density at radius 1 is 1.38 bits per heavy atom. The summed E-state index contributed by atoms with van der Waals surface area (Å²) in [5, 5.41) is 22.5. The highest BCUT2D eigenvalue weighted by molar-refractivity contribution is 7.15. The Kier molecular flexibility index (Phi) is 4.59. The second kappa shape index (κ2) is 6.40. The number of nitrogens with one attached hydrogen (secondary N) is 1. The van der Waals surface area contributed by atoms with E-state index in [4.69, 9.17) is 0 Å². The summed E-state index contributed by atoms with van der Waals surface area (Å²) in [6.07, 6.45) is 0.777. The topological polar surface area (TPSA) is 98.0 Å². The van der Waals surface area contributed by atoms with Crippen LogP contribution in [0.1, 0.15) is 29.2 Å². The Labute approximate surface area is 125 Å². The van der Waals surface area contributed by atoms with E-state index < -0.39 is 10.8 Å². The van der Waals surface area contributed by atoms with Gasteiger partial charge in [-0.25, -0.2) is 0 Å². The van der Waals surface area contributed by atoms with Crippen LogP contribution in [0.2, 0.25) is 0 Å². The van der Waals surface area contributed by atoms with Crippen molar-refractivity contribution < 1.29 is 9.72 Å². The number of para-hydroxylation sites is 1. The zero-order chi connectivity index (χ0) is 15.4. The Morgan fingerprint density at radius 3 is 2.76 bits per heavy atom. The number of nitro benzene ring substituents is 1. The molecular formula is C13H14N4O3S. The molecule has 1 amide bonds. The lowest BCUT2D eigenvalue weighted by molar-refractivity contribution is -0.385. The van der Waals surface area contributed by atoms with Gasteiger partial charge in [0.25, 0.3) is 11.6 Å². The van der Waals surface area contributed by atoms with Gasteiger partial charge in [0.2, 0.25) is 5.13 Å². The Hall–Kier alpha value is -2.35. The van der Waals surface area contributed by atoms with Crippen LogP contribution in [0.15, 0.2) is 24.3 Å². The fourth-order valence-electron chi connectivity index (χ4n) is 1.73. The first-order chi connectivity index (χ1) is 9.97. The minimum Gasteiger partial charge on any atom is -0.296 e. The van der Waals surface area contributed by atoms with Gasteiger partial charge in [-0.3, -0.25) is 20.2 Å². The van der Waals surface area contributed by atoms with Crippen molar-refractivity contribution in [2.24, 2.45) is 5.92 Å². The number of hydrogen-bond donors (Lipinski definition) is 1. The first-order valence-electron chi connectivity index (χ1n) is 6.34. The summed E-state index contributed by atoms with van der Waals surface area (Å²) in [5.74, 6) is -0.119. The summed E-state index contributed by atoms with van der Waals surface area (Å²) in [6, 6.07) is 5.79. The summed E-state index contributed by atoms with van der Waals surface area (Å²) in [7, 11) is 0. The molecule has 1 aromatic carbocycles. The molecule has 0 saturated heterocycles. The fourth-order valence-corrected chi connectivity index (χ4v) is 2.67. The summed E-state index contributed by atoms with van der Waals surface area (Å²) < 4.78 is 0. The predicted octanol–water partition coefficient (Wildman–Crippen LogP) is 2.90. The van der Waals surface area contributed by atoms with E-state index in [9.17, 15) is 14.9 Å². The number of aromatic nitrogens is 2. The highest BCUT2D eigenvalue weighted by atomic mass is 32.1. The van der Waals surface area contributed by atoms with Crippen LogP contribution in [0.25, 0.3) is 0 Å². The maximum absolute atomic E-state index is 12.1. The van der Waals surface area contributed by atoms with E-state index in [1.54, 1.807) is 6.07 Å². The van der Waals surface area contributed by atoms with Crippen LogP contribution in [0.4, 0.5) is 10.8 Å². The second-order valence-electron chi connectivity index (χ2n) is 4.83. The van der Waals surface area contributed by atoms with Crippen LogP contribution in [-0.4, -0.2) is 21.0 Å². The Bertz CT molecular complexity index is 669. The van der Waals surface area contributed by atoms with Crippen molar-refractivity contribution in [3.63, 3.8) is 0 Å². The van der Waals surface area contributed by atoms with Gasteiger partial charge in [-0.15, -0.1) is 10.2 Å². The monoisotopic (exact) mass is 306 g/mol. The quantitative estimate of drug-likeness (QED) is 0.676. The molecule has 0 radical (unpaired) electrons. The molecule has 1 N–H and O–H groups in total. The molecule has 2 aromatic rings. The first-order valence-corrected chi connectivity index (χ1v) is 7.16. The lowest BCUT2D eigenvalue weighted by Gasteiger charge is -2.02. The summed E-state index contributed by atoms with van der Waals surface area (Å²) >= 11 is 1.27. The smallest absolute Gasteiger partial charge is 0.282 e. The van der Waals surface area contributed by atoms with Crippen molar-refractivity contribution >= 4 is 28.1 Å². The summed E-state index contributed by atoms with van der Waals surface area (Å²) in [4.78, 5) is 22.4. The predicted molar refractivity (Wildman–Crippen MR) is 79.5 cm³/mol. The average Bonchev–Trinajstić information content (AvgIpc) is 2.85. The number of nitrogens with zero attached hydrogens (tertiary/aromatic N) is 3. The molecule has 2 rings (SSSR count). The molecule has 1 aromatic heterocycles. The SMILES string of the molecule is CC(C)Cc1nnc(NC(=O)c2ccccc2[N+](=O)[O-])s1. The van der Waals surface area contributed by atoms with Crippen molar-refractivity contribution in [1.29, 1.82) is 0 Å². The zero-order valence-corrected chi connectivity index (χ0v) is 12.4. The minimum atomic E-state index is -0.584. The van der Waals surface area contributed by atoms with Crippen LogP contribution in [0.5, 0.6) is 0 Å². The molecule has 0 spiro atoms. The molecule has 0 aliphatic rings. The molecule has 21 heavy (non-hydrogen) atoms. The van der Waals surface area contributed by atoms with Gasteiger partial charge >= 0.3 is 0 Å². The van der Waals surface area contributed by atoms with Crippen molar-refractivity contribution in [2.75, 3.05) is 5.32 Å². The molecule has 0 aliphatic heterocycles. The van der Waals surface area contributed by atoms with Gasteiger partial charge in [-0.05, 0) is 12.0 Å². The number of hydrogen-bond acceptors (Lipinski definition) is 6. The van der Waals surface area contributed by atoms with E-state index in [0.29, 0.717) is 11.0 Å². The van der Waals surface area contributed by atoms with Gasteiger partial charge in [0, 0.05) is 12.5 Å². The molecule has 0 bridgehead atoms. The first kappa shape index (κ1) is 15.0. The average molecular weight is 306 g/mol. The standard InChI is InChI=1S/C13H14N4O3S/c1-8(2)7-11-15-16-13(21-11)14-12(18)9-5-3-4-6-10(9)17(19)20/h3-6,8H,7H2,1-2H3,(H,14,16,18). The van der Waals surface area contributed by atoms with E-state index in [-0.39, 0.29) is 11.3 Å². The van der Waals surface area contributed by atoms with Gasteiger partial charge in [0.05, 0.1) is 4.92 Å². The molecule has 0 atom stereocenters. The lowest BCUT2D eigenvalue weighted by Crippen LogP contribution is -2.13. The van der Waals surface area contributed by atoms with Gasteiger partial charge in [-0.2, -0.15) is 0 Å². The number of amides is 1. The molecule has 0 aliphatic carbocycles. The summed E-state index contributed by atoms with van der Waals surface area (Å²) in [5.41, 5.74) is -0.231. The van der Waals surface area contributed by atoms with E-state index in [0.717, 1.165) is 11.4 Å². The Balaban J connectivity index is 2.15. The maximum Gasteiger partial charge on any atom is 0.282 e. The largest absolute Gasteiger partial charge is 0.296 e. The van der Waals surface area contributed by atoms with E-state index in [1.165, 1.54) is 29.5 Å². The fraction of sp³-hybridized carbons (Fsp3) is 0.308. The van der Waals surface area contributed by atoms with E-state index >= 15 is 0 Å². The van der Waals surface area contributed by atoms with Gasteiger partial charge in [0.1, 0.15) is 10.6 Å². The molecular weight excluding hydrogens is 292 g/mol. The normalized spacial score (nSPS) is 10.6.